The minimum absolute atomic E-state index is 0.151. The second kappa shape index (κ2) is 8.89. The van der Waals surface area contributed by atoms with Crippen molar-refractivity contribution >= 4 is 28.9 Å². The Morgan fingerprint density at radius 1 is 1.19 bits per heavy atom. The van der Waals surface area contributed by atoms with E-state index in [-0.39, 0.29) is 18.4 Å². The molecule has 2 aromatic carbocycles. The van der Waals surface area contributed by atoms with Crippen molar-refractivity contribution in [3.05, 3.63) is 53.9 Å². The molecule has 7 heteroatoms. The van der Waals surface area contributed by atoms with Crippen LogP contribution in [0.3, 0.4) is 0 Å². The summed E-state index contributed by atoms with van der Waals surface area (Å²) in [4.78, 5) is 31.3. The van der Waals surface area contributed by atoms with Gasteiger partial charge in [-0.1, -0.05) is 44.2 Å². The van der Waals surface area contributed by atoms with E-state index in [4.69, 9.17) is 14.5 Å². The Morgan fingerprint density at radius 3 is 2.71 bits per heavy atom. The van der Waals surface area contributed by atoms with E-state index in [9.17, 15) is 9.59 Å². The Bertz CT molecular complexity index is 1090. The van der Waals surface area contributed by atoms with Crippen molar-refractivity contribution in [2.45, 2.75) is 26.9 Å². The van der Waals surface area contributed by atoms with Crippen LogP contribution in [0.1, 0.15) is 20.8 Å². The molecule has 160 valence electrons. The van der Waals surface area contributed by atoms with E-state index in [0.29, 0.717) is 18.0 Å². The van der Waals surface area contributed by atoms with Crippen molar-refractivity contribution in [2.24, 2.45) is 5.92 Å². The Kier molecular flexibility index (Phi) is 6.04. The molecule has 0 radical (unpaired) electrons. The second-order valence-corrected chi connectivity index (χ2v) is 8.71. The number of benzene rings is 2. The van der Waals surface area contributed by atoms with Gasteiger partial charge in [-0.25, -0.2) is 4.98 Å². The molecule has 0 spiro atoms. The SMILES string of the molecule is CC(C)COC(=O)CN1C(=O)C(C)Oc2ccc(-c3csc(-c4ccccc4)n3)cc21. The van der Waals surface area contributed by atoms with Crippen LogP contribution in [-0.4, -0.2) is 36.1 Å². The minimum atomic E-state index is -0.666. The number of ether oxygens (including phenoxy) is 2. The Balaban J connectivity index is 1.63. The van der Waals surface area contributed by atoms with Gasteiger partial charge in [0.25, 0.3) is 5.91 Å². The highest BCUT2D eigenvalue weighted by molar-refractivity contribution is 7.13. The van der Waals surface area contributed by atoms with Gasteiger partial charge in [-0.15, -0.1) is 11.3 Å². The predicted molar refractivity (Wildman–Crippen MR) is 121 cm³/mol. The molecule has 0 bridgehead atoms. The first-order valence-corrected chi connectivity index (χ1v) is 11.1. The van der Waals surface area contributed by atoms with E-state index < -0.39 is 12.1 Å². The fourth-order valence-corrected chi connectivity index (χ4v) is 4.12. The first-order chi connectivity index (χ1) is 14.9. The van der Waals surface area contributed by atoms with E-state index in [1.165, 1.54) is 4.90 Å². The Hall–Kier alpha value is -3.19. The third-order valence-electron chi connectivity index (χ3n) is 4.85. The van der Waals surface area contributed by atoms with E-state index >= 15 is 0 Å². The predicted octanol–water partition coefficient (Wildman–Crippen LogP) is 4.79. The first kappa shape index (κ1) is 21.1. The third kappa shape index (κ3) is 4.61. The maximum absolute atomic E-state index is 12.8. The lowest BCUT2D eigenvalue weighted by atomic mass is 10.1. The summed E-state index contributed by atoms with van der Waals surface area (Å²) in [6, 6.07) is 15.6. The molecule has 6 nitrogen and oxygen atoms in total. The molecule has 1 amide bonds. The molecule has 1 aromatic heterocycles. The molecule has 0 saturated carbocycles. The zero-order valence-corrected chi connectivity index (χ0v) is 18.5. The van der Waals surface area contributed by atoms with Crippen molar-refractivity contribution in [1.82, 2.24) is 4.98 Å². The lowest BCUT2D eigenvalue weighted by Crippen LogP contribution is -2.47. The highest BCUT2D eigenvalue weighted by atomic mass is 32.1. The number of fused-ring (bicyclic) bond motifs is 1. The fourth-order valence-electron chi connectivity index (χ4n) is 3.28. The normalized spacial score (nSPS) is 15.5. The van der Waals surface area contributed by atoms with Gasteiger partial charge in [-0.05, 0) is 31.0 Å². The van der Waals surface area contributed by atoms with Gasteiger partial charge in [-0.2, -0.15) is 0 Å². The summed E-state index contributed by atoms with van der Waals surface area (Å²) in [5.74, 6) is 0.0820. The number of amides is 1. The van der Waals surface area contributed by atoms with Gasteiger partial charge in [0.1, 0.15) is 17.3 Å². The number of hydrogen-bond acceptors (Lipinski definition) is 6. The van der Waals surface area contributed by atoms with Crippen molar-refractivity contribution in [3.8, 4) is 27.6 Å². The van der Waals surface area contributed by atoms with Gasteiger partial charge in [0.15, 0.2) is 6.10 Å². The molecular weight excluding hydrogens is 412 g/mol. The van der Waals surface area contributed by atoms with Gasteiger partial charge in [0.2, 0.25) is 0 Å². The number of esters is 1. The standard InChI is InChI=1S/C24H24N2O4S/c1-15(2)13-29-22(27)12-26-20-11-18(9-10-21(20)30-16(3)24(26)28)19-14-31-23(25-19)17-7-5-4-6-8-17/h4-11,14-16H,12-13H2,1-3H3. The summed E-state index contributed by atoms with van der Waals surface area (Å²) < 4.78 is 11.0. The number of nitrogens with zero attached hydrogens (tertiary/aromatic N) is 2. The average molecular weight is 437 g/mol. The zero-order chi connectivity index (χ0) is 22.0. The lowest BCUT2D eigenvalue weighted by Gasteiger charge is -2.32. The minimum Gasteiger partial charge on any atom is -0.479 e. The van der Waals surface area contributed by atoms with Crippen LogP contribution in [0.2, 0.25) is 0 Å². The maximum atomic E-state index is 12.8. The van der Waals surface area contributed by atoms with Crippen LogP contribution in [-0.2, 0) is 14.3 Å². The van der Waals surface area contributed by atoms with Crippen LogP contribution in [0.4, 0.5) is 5.69 Å². The molecular formula is C24H24N2O4S. The first-order valence-electron chi connectivity index (χ1n) is 10.2. The summed E-state index contributed by atoms with van der Waals surface area (Å²) in [7, 11) is 0. The third-order valence-corrected chi connectivity index (χ3v) is 5.74. The Morgan fingerprint density at radius 2 is 1.97 bits per heavy atom. The zero-order valence-electron chi connectivity index (χ0n) is 17.7. The molecule has 0 aliphatic carbocycles. The van der Waals surface area contributed by atoms with Gasteiger partial charge in [0.05, 0.1) is 18.0 Å². The number of carbonyl (C=O) groups excluding carboxylic acids is 2. The summed E-state index contributed by atoms with van der Waals surface area (Å²) in [5, 5.41) is 2.91. The largest absolute Gasteiger partial charge is 0.479 e. The molecule has 1 aliphatic rings. The smallest absolute Gasteiger partial charge is 0.326 e. The van der Waals surface area contributed by atoms with E-state index in [2.05, 4.69) is 0 Å². The van der Waals surface area contributed by atoms with E-state index in [0.717, 1.165) is 21.8 Å². The van der Waals surface area contributed by atoms with Crippen LogP contribution in [0.15, 0.2) is 53.9 Å². The van der Waals surface area contributed by atoms with Crippen molar-refractivity contribution < 1.29 is 19.1 Å². The number of rotatable bonds is 6. The fraction of sp³-hybridized carbons (Fsp3) is 0.292. The number of aromatic nitrogens is 1. The second-order valence-electron chi connectivity index (χ2n) is 7.85. The quantitative estimate of drug-likeness (QED) is 0.520. The summed E-state index contributed by atoms with van der Waals surface area (Å²) in [6.45, 7) is 5.78. The highest BCUT2D eigenvalue weighted by Gasteiger charge is 2.33. The average Bonchev–Trinajstić information content (AvgIpc) is 3.26. The van der Waals surface area contributed by atoms with Crippen LogP contribution in [0.5, 0.6) is 5.75 Å². The lowest BCUT2D eigenvalue weighted by molar-refractivity contribution is -0.144. The monoisotopic (exact) mass is 436 g/mol. The van der Waals surface area contributed by atoms with Crippen LogP contribution >= 0.6 is 11.3 Å². The number of anilines is 1. The molecule has 1 unspecified atom stereocenters. The van der Waals surface area contributed by atoms with Crippen LogP contribution in [0, 0.1) is 5.92 Å². The van der Waals surface area contributed by atoms with E-state index in [1.807, 2.05) is 67.8 Å². The molecule has 0 fully saturated rings. The Labute approximate surface area is 185 Å². The molecule has 31 heavy (non-hydrogen) atoms. The molecule has 3 aromatic rings. The van der Waals surface area contributed by atoms with Crippen molar-refractivity contribution in [2.75, 3.05) is 18.1 Å². The summed E-state index contributed by atoms with van der Waals surface area (Å²) in [5.41, 5.74) is 3.26. The van der Waals surface area contributed by atoms with Crippen molar-refractivity contribution in [1.29, 1.82) is 0 Å². The summed E-state index contributed by atoms with van der Waals surface area (Å²) in [6.07, 6.45) is -0.666. The molecule has 4 rings (SSSR count). The molecule has 0 N–H and O–H groups in total. The van der Waals surface area contributed by atoms with Gasteiger partial charge in [-0.3, -0.25) is 14.5 Å². The van der Waals surface area contributed by atoms with Gasteiger partial charge >= 0.3 is 5.97 Å². The molecule has 1 aliphatic heterocycles. The highest BCUT2D eigenvalue weighted by Crippen LogP contribution is 2.38. The summed E-state index contributed by atoms with van der Waals surface area (Å²) >= 11 is 1.56. The van der Waals surface area contributed by atoms with E-state index in [1.54, 1.807) is 18.3 Å². The van der Waals surface area contributed by atoms with Crippen LogP contribution in [0.25, 0.3) is 21.8 Å². The van der Waals surface area contributed by atoms with Gasteiger partial charge < -0.3 is 9.47 Å². The van der Waals surface area contributed by atoms with Crippen molar-refractivity contribution in [3.63, 3.8) is 0 Å². The number of hydrogen-bond donors (Lipinski definition) is 0. The molecule has 2 heterocycles. The van der Waals surface area contributed by atoms with Crippen LogP contribution < -0.4 is 9.64 Å². The topological polar surface area (TPSA) is 68.7 Å². The number of carbonyl (C=O) groups is 2. The maximum Gasteiger partial charge on any atom is 0.326 e. The molecule has 0 saturated heterocycles. The molecule has 1 atom stereocenters. The van der Waals surface area contributed by atoms with Gasteiger partial charge in [0, 0.05) is 16.5 Å². The number of thiazole rings is 1.